The largest absolute Gasteiger partial charge is 0.329 e. The highest BCUT2D eigenvalue weighted by Crippen LogP contribution is 2.25. The second-order valence-corrected chi connectivity index (χ2v) is 6.04. The average Bonchev–Trinajstić information content (AvgIpc) is 2.55. The predicted octanol–water partition coefficient (Wildman–Crippen LogP) is 3.33. The molecular weight excluding hydrogens is 258 g/mol. The van der Waals surface area contributed by atoms with Gasteiger partial charge in [-0.1, -0.05) is 37.5 Å². The number of rotatable bonds is 5. The molecule has 1 fully saturated rings. The fourth-order valence-corrected chi connectivity index (χ4v) is 3.51. The third-order valence-corrected chi connectivity index (χ3v) is 4.62. The van der Waals surface area contributed by atoms with Gasteiger partial charge in [0.1, 0.15) is 0 Å². The Morgan fingerprint density at radius 2 is 1.90 bits per heavy atom. The van der Waals surface area contributed by atoms with Crippen molar-refractivity contribution in [2.45, 2.75) is 44.7 Å². The lowest BCUT2D eigenvalue weighted by molar-refractivity contribution is 0.153. The normalized spacial score (nSPS) is 16.7. The number of nitrogens with zero attached hydrogens (tertiary/aromatic N) is 2. The van der Waals surface area contributed by atoms with Crippen molar-refractivity contribution in [2.75, 3.05) is 13.1 Å². The van der Waals surface area contributed by atoms with Crippen LogP contribution in [0.25, 0.3) is 10.9 Å². The Hall–Kier alpha value is -1.45. The van der Waals surface area contributed by atoms with Crippen molar-refractivity contribution in [3.8, 4) is 0 Å². The van der Waals surface area contributed by atoms with Crippen LogP contribution in [0.15, 0.2) is 36.5 Å². The molecule has 2 aromatic rings. The topological polar surface area (TPSA) is 42.1 Å². The van der Waals surface area contributed by atoms with Gasteiger partial charge in [0.25, 0.3) is 0 Å². The fourth-order valence-electron chi connectivity index (χ4n) is 3.51. The van der Waals surface area contributed by atoms with Crippen LogP contribution in [0.4, 0.5) is 0 Å². The van der Waals surface area contributed by atoms with Gasteiger partial charge in [0.15, 0.2) is 0 Å². The van der Waals surface area contributed by atoms with Gasteiger partial charge >= 0.3 is 0 Å². The quantitative estimate of drug-likeness (QED) is 0.915. The molecule has 2 N–H and O–H groups in total. The molecule has 0 atom stereocenters. The van der Waals surface area contributed by atoms with Crippen LogP contribution >= 0.6 is 0 Å². The predicted molar refractivity (Wildman–Crippen MR) is 88.1 cm³/mol. The van der Waals surface area contributed by atoms with Crippen molar-refractivity contribution in [2.24, 2.45) is 5.73 Å². The average molecular weight is 283 g/mol. The fraction of sp³-hybridized carbons (Fsp3) is 0.500. The zero-order valence-corrected chi connectivity index (χ0v) is 12.7. The summed E-state index contributed by atoms with van der Waals surface area (Å²) in [6, 6.07) is 11.3. The molecule has 0 radical (unpaired) electrons. The first kappa shape index (κ1) is 14.5. The van der Waals surface area contributed by atoms with Crippen LogP contribution in [0, 0.1) is 0 Å². The summed E-state index contributed by atoms with van der Waals surface area (Å²) in [5.74, 6) is 0. The van der Waals surface area contributed by atoms with Gasteiger partial charge in [0.05, 0.1) is 5.52 Å². The van der Waals surface area contributed by atoms with Gasteiger partial charge in [0.2, 0.25) is 0 Å². The summed E-state index contributed by atoms with van der Waals surface area (Å²) in [6.45, 7) is 2.71. The molecule has 1 aromatic heterocycles. The summed E-state index contributed by atoms with van der Waals surface area (Å²) in [5.41, 5.74) is 8.31. The molecular formula is C18H25N3. The van der Waals surface area contributed by atoms with Crippen LogP contribution in [0.5, 0.6) is 0 Å². The molecule has 0 unspecified atom stereocenters. The zero-order valence-electron chi connectivity index (χ0n) is 12.7. The third kappa shape index (κ3) is 3.42. The van der Waals surface area contributed by atoms with Gasteiger partial charge < -0.3 is 5.73 Å². The van der Waals surface area contributed by atoms with Crippen LogP contribution in [-0.2, 0) is 6.54 Å². The summed E-state index contributed by atoms with van der Waals surface area (Å²) < 4.78 is 0. The standard InChI is InChI=1S/C18H25N3/c19-11-13-21(16-6-2-1-3-7-16)14-15-10-12-20-18-9-5-4-8-17(15)18/h4-5,8-10,12,16H,1-3,6-7,11,13-14,19H2. The Morgan fingerprint density at radius 3 is 2.71 bits per heavy atom. The zero-order chi connectivity index (χ0) is 14.5. The monoisotopic (exact) mass is 283 g/mol. The number of nitrogens with two attached hydrogens (primary N) is 1. The van der Waals surface area contributed by atoms with Crippen molar-refractivity contribution < 1.29 is 0 Å². The Labute approximate surface area is 127 Å². The van der Waals surface area contributed by atoms with E-state index < -0.39 is 0 Å². The molecule has 0 aliphatic heterocycles. The molecule has 112 valence electrons. The molecule has 1 aliphatic carbocycles. The van der Waals surface area contributed by atoms with Gasteiger partial charge in [-0.05, 0) is 30.5 Å². The van der Waals surface area contributed by atoms with E-state index >= 15 is 0 Å². The Morgan fingerprint density at radius 1 is 1.10 bits per heavy atom. The Kier molecular flexibility index (Phi) is 4.84. The van der Waals surface area contributed by atoms with Crippen molar-refractivity contribution >= 4 is 10.9 Å². The van der Waals surface area contributed by atoms with E-state index in [2.05, 4.69) is 40.2 Å². The minimum absolute atomic E-state index is 0.703. The minimum Gasteiger partial charge on any atom is -0.329 e. The van der Waals surface area contributed by atoms with E-state index in [0.29, 0.717) is 6.04 Å². The van der Waals surface area contributed by atoms with Crippen molar-refractivity contribution in [3.63, 3.8) is 0 Å². The third-order valence-electron chi connectivity index (χ3n) is 4.62. The van der Waals surface area contributed by atoms with Gasteiger partial charge in [0, 0.05) is 37.3 Å². The SMILES string of the molecule is NCCN(Cc1ccnc2ccccc12)C1CCCCC1. The molecule has 1 heterocycles. The lowest BCUT2D eigenvalue weighted by atomic mass is 9.93. The van der Waals surface area contributed by atoms with Gasteiger partial charge in [-0.2, -0.15) is 0 Å². The molecule has 1 aromatic carbocycles. The summed E-state index contributed by atoms with van der Waals surface area (Å²) in [6.07, 6.45) is 8.70. The van der Waals surface area contributed by atoms with Gasteiger partial charge in [-0.25, -0.2) is 0 Å². The molecule has 3 heteroatoms. The maximum Gasteiger partial charge on any atom is 0.0705 e. The summed E-state index contributed by atoms with van der Waals surface area (Å²) in [4.78, 5) is 7.05. The lowest BCUT2D eigenvalue weighted by Crippen LogP contribution is -2.39. The first-order valence-electron chi connectivity index (χ1n) is 8.15. The van der Waals surface area contributed by atoms with Crippen LogP contribution in [0.3, 0.4) is 0 Å². The Balaban J connectivity index is 1.83. The van der Waals surface area contributed by atoms with Crippen LogP contribution in [0.1, 0.15) is 37.7 Å². The first-order chi connectivity index (χ1) is 10.4. The van der Waals surface area contributed by atoms with E-state index in [4.69, 9.17) is 5.73 Å². The first-order valence-corrected chi connectivity index (χ1v) is 8.15. The van der Waals surface area contributed by atoms with E-state index in [1.165, 1.54) is 43.1 Å². The molecule has 0 amide bonds. The summed E-state index contributed by atoms with van der Waals surface area (Å²) in [7, 11) is 0. The number of aromatic nitrogens is 1. The highest BCUT2D eigenvalue weighted by Gasteiger charge is 2.21. The number of hydrogen-bond donors (Lipinski definition) is 1. The summed E-state index contributed by atoms with van der Waals surface area (Å²) in [5, 5.41) is 1.28. The highest BCUT2D eigenvalue weighted by molar-refractivity contribution is 5.81. The van der Waals surface area contributed by atoms with Crippen molar-refractivity contribution in [1.29, 1.82) is 0 Å². The highest BCUT2D eigenvalue weighted by atomic mass is 15.2. The Bertz CT molecular complexity index is 570. The lowest BCUT2D eigenvalue weighted by Gasteiger charge is -2.34. The van der Waals surface area contributed by atoms with E-state index in [1.54, 1.807) is 0 Å². The molecule has 3 rings (SSSR count). The second-order valence-electron chi connectivity index (χ2n) is 6.04. The molecule has 3 nitrogen and oxygen atoms in total. The second kappa shape index (κ2) is 7.01. The van der Waals surface area contributed by atoms with E-state index in [-0.39, 0.29) is 0 Å². The maximum absolute atomic E-state index is 5.85. The summed E-state index contributed by atoms with van der Waals surface area (Å²) >= 11 is 0. The van der Waals surface area contributed by atoms with Gasteiger partial charge in [-0.15, -0.1) is 0 Å². The number of benzene rings is 1. The number of para-hydroxylation sites is 1. The van der Waals surface area contributed by atoms with Crippen molar-refractivity contribution in [1.82, 2.24) is 9.88 Å². The van der Waals surface area contributed by atoms with Crippen LogP contribution in [0.2, 0.25) is 0 Å². The molecule has 0 spiro atoms. The van der Waals surface area contributed by atoms with E-state index in [0.717, 1.165) is 25.2 Å². The molecule has 0 saturated heterocycles. The van der Waals surface area contributed by atoms with E-state index in [1.807, 2.05) is 6.20 Å². The number of pyridine rings is 1. The maximum atomic E-state index is 5.85. The van der Waals surface area contributed by atoms with Crippen molar-refractivity contribution in [3.05, 3.63) is 42.1 Å². The molecule has 21 heavy (non-hydrogen) atoms. The van der Waals surface area contributed by atoms with Crippen LogP contribution < -0.4 is 5.73 Å². The minimum atomic E-state index is 0.703. The molecule has 1 aliphatic rings. The molecule has 1 saturated carbocycles. The smallest absolute Gasteiger partial charge is 0.0705 e. The van der Waals surface area contributed by atoms with Gasteiger partial charge in [-0.3, -0.25) is 9.88 Å². The molecule has 0 bridgehead atoms. The number of fused-ring (bicyclic) bond motifs is 1. The van der Waals surface area contributed by atoms with E-state index in [9.17, 15) is 0 Å². The number of hydrogen-bond acceptors (Lipinski definition) is 3. The van der Waals surface area contributed by atoms with Crippen LogP contribution in [-0.4, -0.2) is 29.0 Å².